The van der Waals surface area contributed by atoms with Gasteiger partial charge < -0.3 is 20.3 Å². The normalized spacial score (nSPS) is 10.1. The van der Waals surface area contributed by atoms with Crippen LogP contribution in [0.5, 0.6) is 0 Å². The molecule has 2 N–H and O–H groups in total. The summed E-state index contributed by atoms with van der Waals surface area (Å²) in [6, 6.07) is 7.91. The summed E-state index contributed by atoms with van der Waals surface area (Å²) in [5.41, 5.74) is 2.02. The molecule has 1 amide bonds. The number of anilines is 2. The molecule has 0 atom stereocenters. The molecule has 0 radical (unpaired) electrons. The molecule has 106 valence electrons. The molecule has 0 saturated carbocycles. The number of para-hydroxylation sites is 2. The van der Waals surface area contributed by atoms with Gasteiger partial charge in [0.15, 0.2) is 0 Å². The lowest BCUT2D eigenvalue weighted by Gasteiger charge is -2.18. The number of hydrogen-bond donors (Lipinski definition) is 2. The van der Waals surface area contributed by atoms with Crippen molar-refractivity contribution in [3.05, 3.63) is 24.3 Å². The van der Waals surface area contributed by atoms with Crippen molar-refractivity contribution in [2.24, 2.45) is 0 Å². The Morgan fingerprint density at radius 1 is 1.32 bits per heavy atom. The van der Waals surface area contributed by atoms with E-state index in [1.165, 1.54) is 0 Å². The van der Waals surface area contributed by atoms with Gasteiger partial charge in [-0.2, -0.15) is 0 Å². The topological polar surface area (TPSA) is 53.6 Å². The third kappa shape index (κ3) is 5.61. The van der Waals surface area contributed by atoms with Gasteiger partial charge >= 0.3 is 0 Å². The number of rotatable bonds is 8. The third-order valence-electron chi connectivity index (χ3n) is 2.67. The minimum atomic E-state index is -0.00957. The average molecular weight is 265 g/mol. The van der Waals surface area contributed by atoms with E-state index in [0.717, 1.165) is 17.8 Å². The maximum absolute atomic E-state index is 11.6. The van der Waals surface area contributed by atoms with Gasteiger partial charge in [0.05, 0.1) is 17.9 Å². The number of carbonyl (C=O) groups excluding carboxylic acids is 1. The third-order valence-corrected chi connectivity index (χ3v) is 2.67. The Labute approximate surface area is 114 Å². The molecule has 1 aromatic rings. The van der Waals surface area contributed by atoms with Crippen LogP contribution in [-0.2, 0) is 9.53 Å². The molecule has 0 aliphatic rings. The number of nitrogens with zero attached hydrogens (tertiary/aromatic N) is 1. The molecular formula is C14H23N3O2. The lowest BCUT2D eigenvalue weighted by Crippen LogP contribution is -2.31. The van der Waals surface area contributed by atoms with E-state index in [9.17, 15) is 4.79 Å². The number of nitrogens with one attached hydrogen (secondary N) is 2. The summed E-state index contributed by atoms with van der Waals surface area (Å²) >= 11 is 0. The zero-order chi connectivity index (χ0) is 14.1. The molecule has 5 heteroatoms. The Morgan fingerprint density at radius 3 is 2.74 bits per heavy atom. The molecule has 0 aliphatic heterocycles. The zero-order valence-electron chi connectivity index (χ0n) is 11.9. The van der Waals surface area contributed by atoms with Crippen LogP contribution in [0.3, 0.4) is 0 Å². The van der Waals surface area contributed by atoms with E-state index in [-0.39, 0.29) is 12.5 Å². The number of methoxy groups -OCH3 is 1. The Balaban J connectivity index is 2.38. The lowest BCUT2D eigenvalue weighted by molar-refractivity contribution is -0.119. The molecule has 0 aromatic heterocycles. The van der Waals surface area contributed by atoms with E-state index in [1.807, 2.05) is 43.3 Å². The van der Waals surface area contributed by atoms with Crippen LogP contribution in [0.25, 0.3) is 0 Å². The predicted octanol–water partition coefficient (Wildman–Crippen LogP) is 1.32. The van der Waals surface area contributed by atoms with Crippen molar-refractivity contribution in [2.45, 2.75) is 6.42 Å². The predicted molar refractivity (Wildman–Crippen MR) is 78.8 cm³/mol. The monoisotopic (exact) mass is 265 g/mol. The second-order valence-electron chi connectivity index (χ2n) is 4.46. The maximum Gasteiger partial charge on any atom is 0.239 e. The van der Waals surface area contributed by atoms with Gasteiger partial charge in [0, 0.05) is 34.4 Å². The smallest absolute Gasteiger partial charge is 0.239 e. The van der Waals surface area contributed by atoms with Crippen LogP contribution in [0.4, 0.5) is 11.4 Å². The Kier molecular flexibility index (Phi) is 6.74. The summed E-state index contributed by atoms with van der Waals surface area (Å²) in [6.45, 7) is 1.58. The minimum Gasteiger partial charge on any atom is -0.385 e. The van der Waals surface area contributed by atoms with Crippen LogP contribution >= 0.6 is 0 Å². The summed E-state index contributed by atoms with van der Waals surface area (Å²) in [5.74, 6) is -0.00957. The van der Waals surface area contributed by atoms with Gasteiger partial charge in [0.2, 0.25) is 5.91 Å². The van der Waals surface area contributed by atoms with Crippen molar-refractivity contribution in [3.63, 3.8) is 0 Å². The molecular weight excluding hydrogens is 242 g/mol. The van der Waals surface area contributed by atoms with Crippen LogP contribution in [0.15, 0.2) is 24.3 Å². The molecule has 0 saturated heterocycles. The van der Waals surface area contributed by atoms with Gasteiger partial charge in [-0.1, -0.05) is 12.1 Å². The van der Waals surface area contributed by atoms with Gasteiger partial charge in [0.1, 0.15) is 0 Å². The zero-order valence-corrected chi connectivity index (χ0v) is 11.9. The van der Waals surface area contributed by atoms with E-state index in [1.54, 1.807) is 7.11 Å². The highest BCUT2D eigenvalue weighted by Crippen LogP contribution is 2.22. The second kappa shape index (κ2) is 8.37. The first-order valence-corrected chi connectivity index (χ1v) is 6.41. The lowest BCUT2D eigenvalue weighted by atomic mass is 10.2. The Bertz CT molecular complexity index is 394. The number of benzene rings is 1. The Morgan fingerprint density at radius 2 is 2.05 bits per heavy atom. The first-order valence-electron chi connectivity index (χ1n) is 6.41. The minimum absolute atomic E-state index is 0.00957. The van der Waals surface area contributed by atoms with Crippen LogP contribution in [0.2, 0.25) is 0 Å². The van der Waals surface area contributed by atoms with Crippen LogP contribution in [-0.4, -0.2) is 46.8 Å². The average Bonchev–Trinajstić information content (AvgIpc) is 2.41. The molecule has 0 bridgehead atoms. The first-order chi connectivity index (χ1) is 9.15. The van der Waals surface area contributed by atoms with Gasteiger partial charge in [-0.3, -0.25) is 4.79 Å². The summed E-state index contributed by atoms with van der Waals surface area (Å²) in [7, 11) is 5.61. The molecule has 0 spiro atoms. The number of ether oxygens (including phenoxy) is 1. The van der Waals surface area contributed by atoms with Crippen LogP contribution in [0, 0.1) is 0 Å². The quantitative estimate of drug-likeness (QED) is 0.696. The number of carbonyl (C=O) groups is 1. The molecule has 1 rings (SSSR count). The number of amides is 1. The van der Waals surface area contributed by atoms with Crippen molar-refractivity contribution in [1.82, 2.24) is 5.32 Å². The summed E-state index contributed by atoms with van der Waals surface area (Å²) in [6.07, 6.45) is 0.830. The highest BCUT2D eigenvalue weighted by Gasteiger charge is 2.05. The van der Waals surface area contributed by atoms with E-state index in [2.05, 4.69) is 10.6 Å². The highest BCUT2D eigenvalue weighted by atomic mass is 16.5. The van der Waals surface area contributed by atoms with Crippen molar-refractivity contribution in [1.29, 1.82) is 0 Å². The Hall–Kier alpha value is -1.75. The SMILES string of the molecule is COCCCNC(=O)CNc1ccccc1N(C)C. The van der Waals surface area contributed by atoms with Crippen LogP contribution in [0.1, 0.15) is 6.42 Å². The number of hydrogen-bond acceptors (Lipinski definition) is 4. The standard InChI is InChI=1S/C14H23N3O2/c1-17(2)13-8-5-4-7-12(13)16-11-14(18)15-9-6-10-19-3/h4-5,7-8,16H,6,9-11H2,1-3H3,(H,15,18). The summed E-state index contributed by atoms with van der Waals surface area (Å²) < 4.78 is 4.92. The van der Waals surface area contributed by atoms with Crippen molar-refractivity contribution < 1.29 is 9.53 Å². The second-order valence-corrected chi connectivity index (χ2v) is 4.46. The molecule has 1 aromatic carbocycles. The van der Waals surface area contributed by atoms with Crippen molar-refractivity contribution in [2.75, 3.05) is 51.1 Å². The maximum atomic E-state index is 11.6. The molecule has 0 unspecified atom stereocenters. The van der Waals surface area contributed by atoms with E-state index < -0.39 is 0 Å². The van der Waals surface area contributed by atoms with Gasteiger partial charge in [-0.15, -0.1) is 0 Å². The first kappa shape index (κ1) is 15.3. The largest absolute Gasteiger partial charge is 0.385 e. The molecule has 0 heterocycles. The van der Waals surface area contributed by atoms with E-state index in [0.29, 0.717) is 13.2 Å². The molecule has 5 nitrogen and oxygen atoms in total. The van der Waals surface area contributed by atoms with E-state index >= 15 is 0 Å². The molecule has 0 aliphatic carbocycles. The fourth-order valence-corrected chi connectivity index (χ4v) is 1.70. The van der Waals surface area contributed by atoms with Gasteiger partial charge in [-0.25, -0.2) is 0 Å². The van der Waals surface area contributed by atoms with Gasteiger partial charge in [-0.05, 0) is 18.6 Å². The van der Waals surface area contributed by atoms with E-state index in [4.69, 9.17) is 4.74 Å². The van der Waals surface area contributed by atoms with Crippen LogP contribution < -0.4 is 15.5 Å². The van der Waals surface area contributed by atoms with Crippen molar-refractivity contribution >= 4 is 17.3 Å². The summed E-state index contributed by atoms with van der Waals surface area (Å²) in [5, 5.41) is 5.99. The fraction of sp³-hybridized carbons (Fsp3) is 0.500. The highest BCUT2D eigenvalue weighted by molar-refractivity contribution is 5.82. The van der Waals surface area contributed by atoms with Gasteiger partial charge in [0.25, 0.3) is 0 Å². The molecule has 19 heavy (non-hydrogen) atoms. The fourth-order valence-electron chi connectivity index (χ4n) is 1.70. The molecule has 0 fully saturated rings. The van der Waals surface area contributed by atoms with Crippen molar-refractivity contribution in [3.8, 4) is 0 Å². The summed E-state index contributed by atoms with van der Waals surface area (Å²) in [4.78, 5) is 13.6.